The van der Waals surface area contributed by atoms with Gasteiger partial charge < -0.3 is 9.47 Å². The van der Waals surface area contributed by atoms with Crippen LogP contribution in [-0.4, -0.2) is 23.6 Å². The van der Waals surface area contributed by atoms with Crippen LogP contribution in [-0.2, 0) is 19.1 Å². The molecule has 0 aromatic carbocycles. The summed E-state index contributed by atoms with van der Waals surface area (Å²) in [6, 6.07) is 0. The maximum atomic E-state index is 12.1. The molecule has 0 amide bonds. The van der Waals surface area contributed by atoms with Gasteiger partial charge >= 0.3 is 11.9 Å². The highest BCUT2D eigenvalue weighted by molar-refractivity contribution is 5.87. The molecule has 0 aromatic rings. The Morgan fingerprint density at radius 2 is 1.95 bits per heavy atom. The third-order valence-electron chi connectivity index (χ3n) is 4.20. The Kier molecular flexibility index (Phi) is 4.78. The minimum atomic E-state index is -0.533. The van der Waals surface area contributed by atoms with Gasteiger partial charge in [-0.3, -0.25) is 4.79 Å². The van der Waals surface area contributed by atoms with Crippen LogP contribution in [0.1, 0.15) is 47.0 Å². The smallest absolute Gasteiger partial charge is 0.333 e. The molecule has 2 aliphatic carbocycles. The van der Waals surface area contributed by atoms with Crippen LogP contribution < -0.4 is 0 Å². The van der Waals surface area contributed by atoms with Gasteiger partial charge in [-0.2, -0.15) is 0 Å². The summed E-state index contributed by atoms with van der Waals surface area (Å²) < 4.78 is 10.9. The van der Waals surface area contributed by atoms with Crippen molar-refractivity contribution in [3.63, 3.8) is 0 Å². The lowest BCUT2D eigenvalue weighted by Gasteiger charge is -2.29. The Morgan fingerprint density at radius 3 is 2.41 bits per heavy atom. The fourth-order valence-corrected chi connectivity index (χ4v) is 3.32. The van der Waals surface area contributed by atoms with Crippen LogP contribution in [0.4, 0.5) is 0 Å². The van der Waals surface area contributed by atoms with E-state index >= 15 is 0 Å². The van der Waals surface area contributed by atoms with E-state index in [9.17, 15) is 9.59 Å². The van der Waals surface area contributed by atoms with Crippen molar-refractivity contribution in [2.45, 2.75) is 58.7 Å². The lowest BCUT2D eigenvalue weighted by Crippen LogP contribution is -2.34. The standard InChI is InChI=1S/C18H26O4/c1-11(2)17(20)21-15(10-16(19)22-18(3,4)5)14-9-12-6-7-13(14)8-12/h6-7,12-15H,1,8-10H2,2-5H3. The van der Waals surface area contributed by atoms with Crippen molar-refractivity contribution in [1.29, 1.82) is 0 Å². The fourth-order valence-electron chi connectivity index (χ4n) is 3.32. The zero-order valence-electron chi connectivity index (χ0n) is 13.9. The SMILES string of the molecule is C=C(C)C(=O)OC(CC(=O)OC(C)(C)C)C1CC2C=CC1C2. The number of allylic oxidation sites excluding steroid dienone is 2. The quantitative estimate of drug-likeness (QED) is 0.444. The average molecular weight is 306 g/mol. The average Bonchev–Trinajstić information content (AvgIpc) is 2.97. The largest absolute Gasteiger partial charge is 0.460 e. The van der Waals surface area contributed by atoms with Crippen LogP contribution in [0.15, 0.2) is 24.3 Å². The highest BCUT2D eigenvalue weighted by Crippen LogP contribution is 2.46. The second-order valence-corrected chi connectivity index (χ2v) is 7.46. The number of rotatable bonds is 5. The van der Waals surface area contributed by atoms with Gasteiger partial charge in [0.25, 0.3) is 0 Å². The summed E-state index contributed by atoms with van der Waals surface area (Å²) in [6.07, 6.45) is 6.16. The summed E-state index contributed by atoms with van der Waals surface area (Å²) in [5.74, 6) is 0.403. The first-order valence-corrected chi connectivity index (χ1v) is 7.92. The molecule has 4 atom stereocenters. The Balaban J connectivity index is 2.05. The van der Waals surface area contributed by atoms with Crippen molar-refractivity contribution >= 4 is 11.9 Å². The van der Waals surface area contributed by atoms with E-state index < -0.39 is 17.7 Å². The van der Waals surface area contributed by atoms with Crippen LogP contribution in [0, 0.1) is 17.8 Å². The third-order valence-corrected chi connectivity index (χ3v) is 4.20. The lowest BCUT2D eigenvalue weighted by atomic mass is 9.87. The lowest BCUT2D eigenvalue weighted by molar-refractivity contribution is -0.162. The highest BCUT2D eigenvalue weighted by atomic mass is 16.6. The molecule has 0 saturated heterocycles. The summed E-state index contributed by atoms with van der Waals surface area (Å²) in [4.78, 5) is 24.0. The van der Waals surface area contributed by atoms with Gasteiger partial charge in [-0.25, -0.2) is 4.79 Å². The molecule has 0 radical (unpaired) electrons. The van der Waals surface area contributed by atoms with Crippen LogP contribution in [0.3, 0.4) is 0 Å². The second-order valence-electron chi connectivity index (χ2n) is 7.46. The molecule has 4 heteroatoms. The van der Waals surface area contributed by atoms with Crippen LogP contribution >= 0.6 is 0 Å². The minimum Gasteiger partial charge on any atom is -0.460 e. The van der Waals surface area contributed by atoms with E-state index in [1.807, 2.05) is 20.8 Å². The van der Waals surface area contributed by atoms with Gasteiger partial charge in [-0.05, 0) is 52.4 Å². The first kappa shape index (κ1) is 16.8. The van der Waals surface area contributed by atoms with Gasteiger partial charge in [0.1, 0.15) is 11.7 Å². The molecule has 0 aromatic heterocycles. The molecule has 22 heavy (non-hydrogen) atoms. The molecule has 4 unspecified atom stereocenters. The molecular formula is C18H26O4. The number of hydrogen-bond acceptors (Lipinski definition) is 4. The summed E-state index contributed by atoms with van der Waals surface area (Å²) >= 11 is 0. The van der Waals surface area contributed by atoms with Crippen molar-refractivity contribution in [1.82, 2.24) is 0 Å². The zero-order valence-corrected chi connectivity index (χ0v) is 13.9. The third kappa shape index (κ3) is 4.21. The van der Waals surface area contributed by atoms with Crippen LogP contribution in [0.25, 0.3) is 0 Å². The van der Waals surface area contributed by atoms with Crippen LogP contribution in [0.5, 0.6) is 0 Å². The van der Waals surface area contributed by atoms with Crippen LogP contribution in [0.2, 0.25) is 0 Å². The van der Waals surface area contributed by atoms with Gasteiger partial charge in [-0.15, -0.1) is 0 Å². The Morgan fingerprint density at radius 1 is 1.27 bits per heavy atom. The molecule has 2 rings (SSSR count). The van der Waals surface area contributed by atoms with Gasteiger partial charge in [0, 0.05) is 11.5 Å². The normalized spacial score (nSPS) is 27.5. The van der Waals surface area contributed by atoms with Crippen molar-refractivity contribution in [3.05, 3.63) is 24.3 Å². The number of ether oxygens (including phenoxy) is 2. The zero-order chi connectivity index (χ0) is 16.5. The molecule has 2 aliphatic rings. The Labute approximate surface area is 132 Å². The van der Waals surface area contributed by atoms with Gasteiger partial charge in [-0.1, -0.05) is 18.7 Å². The summed E-state index contributed by atoms with van der Waals surface area (Å²) in [6.45, 7) is 10.7. The number of esters is 2. The van der Waals surface area contributed by atoms with E-state index in [1.54, 1.807) is 6.92 Å². The van der Waals surface area contributed by atoms with E-state index in [0.717, 1.165) is 12.8 Å². The Bertz CT molecular complexity index is 498. The monoisotopic (exact) mass is 306 g/mol. The summed E-state index contributed by atoms with van der Waals surface area (Å²) in [7, 11) is 0. The van der Waals surface area contributed by atoms with Gasteiger partial charge in [0.15, 0.2) is 0 Å². The fraction of sp³-hybridized carbons (Fsp3) is 0.667. The molecule has 0 aliphatic heterocycles. The molecular weight excluding hydrogens is 280 g/mol. The van der Waals surface area contributed by atoms with E-state index in [0.29, 0.717) is 17.4 Å². The number of carbonyl (C=O) groups is 2. The number of hydrogen-bond donors (Lipinski definition) is 0. The molecule has 0 heterocycles. The first-order valence-electron chi connectivity index (χ1n) is 7.92. The summed E-state index contributed by atoms with van der Waals surface area (Å²) in [5, 5.41) is 0. The van der Waals surface area contributed by atoms with E-state index in [-0.39, 0.29) is 18.3 Å². The number of fused-ring (bicyclic) bond motifs is 2. The molecule has 1 fully saturated rings. The van der Waals surface area contributed by atoms with E-state index in [4.69, 9.17) is 9.47 Å². The molecule has 122 valence electrons. The predicted octanol–water partition coefficient (Wildman–Crippen LogP) is 3.42. The second kappa shape index (κ2) is 6.27. The molecule has 2 bridgehead atoms. The molecule has 0 N–H and O–H groups in total. The maximum Gasteiger partial charge on any atom is 0.333 e. The topological polar surface area (TPSA) is 52.6 Å². The molecule has 1 saturated carbocycles. The van der Waals surface area contributed by atoms with Crippen molar-refractivity contribution in [2.75, 3.05) is 0 Å². The Hall–Kier alpha value is -1.58. The van der Waals surface area contributed by atoms with Crippen molar-refractivity contribution in [2.24, 2.45) is 17.8 Å². The van der Waals surface area contributed by atoms with Crippen molar-refractivity contribution < 1.29 is 19.1 Å². The van der Waals surface area contributed by atoms with Crippen molar-refractivity contribution in [3.8, 4) is 0 Å². The predicted molar refractivity (Wildman–Crippen MR) is 84.0 cm³/mol. The van der Waals surface area contributed by atoms with Gasteiger partial charge in [0.2, 0.25) is 0 Å². The highest BCUT2D eigenvalue weighted by Gasteiger charge is 2.42. The van der Waals surface area contributed by atoms with E-state index in [2.05, 4.69) is 18.7 Å². The number of carbonyl (C=O) groups excluding carboxylic acids is 2. The first-order chi connectivity index (χ1) is 10.2. The van der Waals surface area contributed by atoms with Gasteiger partial charge in [0.05, 0.1) is 6.42 Å². The van der Waals surface area contributed by atoms with E-state index in [1.165, 1.54) is 0 Å². The molecule has 4 nitrogen and oxygen atoms in total. The maximum absolute atomic E-state index is 12.1. The molecule has 0 spiro atoms. The summed E-state index contributed by atoms with van der Waals surface area (Å²) in [5.41, 5.74) is -0.179. The minimum absolute atomic E-state index is 0.109.